The highest BCUT2D eigenvalue weighted by atomic mass is 16.6. The van der Waals surface area contributed by atoms with E-state index in [4.69, 9.17) is 10.5 Å². The lowest BCUT2D eigenvalue weighted by Crippen LogP contribution is -2.50. The Kier molecular flexibility index (Phi) is 2.35. The summed E-state index contributed by atoms with van der Waals surface area (Å²) in [5.74, 6) is 2.13. The lowest BCUT2D eigenvalue weighted by molar-refractivity contribution is 0.0473. The molecule has 0 aromatic carbocycles. The predicted molar refractivity (Wildman–Crippen MR) is 59.8 cm³/mol. The molecule has 1 aliphatic carbocycles. The average molecular weight is 224 g/mol. The van der Waals surface area contributed by atoms with Crippen molar-refractivity contribution in [2.45, 2.75) is 38.3 Å². The topological polar surface area (TPSA) is 55.6 Å². The molecule has 2 N–H and O–H groups in total. The number of fused-ring (bicyclic) bond motifs is 5. The highest BCUT2D eigenvalue weighted by Gasteiger charge is 2.62. The van der Waals surface area contributed by atoms with Crippen molar-refractivity contribution >= 4 is 6.09 Å². The summed E-state index contributed by atoms with van der Waals surface area (Å²) < 4.78 is 5.16. The molecule has 2 heterocycles. The lowest BCUT2D eigenvalue weighted by atomic mass is 9.88. The fourth-order valence-corrected chi connectivity index (χ4v) is 3.80. The van der Waals surface area contributed by atoms with E-state index in [2.05, 4.69) is 0 Å². The van der Waals surface area contributed by atoms with E-state index in [9.17, 15) is 4.79 Å². The Morgan fingerprint density at radius 2 is 1.94 bits per heavy atom. The van der Waals surface area contributed by atoms with Crippen LogP contribution in [0.5, 0.6) is 0 Å². The summed E-state index contributed by atoms with van der Waals surface area (Å²) in [6.45, 7) is 3.11. The van der Waals surface area contributed by atoms with Crippen LogP contribution in [0.1, 0.15) is 26.2 Å². The van der Waals surface area contributed by atoms with E-state index >= 15 is 0 Å². The summed E-state index contributed by atoms with van der Waals surface area (Å²) >= 11 is 0. The quantitative estimate of drug-likeness (QED) is 0.766. The van der Waals surface area contributed by atoms with Crippen molar-refractivity contribution in [1.29, 1.82) is 0 Å². The Morgan fingerprint density at radius 3 is 2.44 bits per heavy atom. The Morgan fingerprint density at radius 1 is 1.31 bits per heavy atom. The van der Waals surface area contributed by atoms with Crippen LogP contribution in [0.25, 0.3) is 0 Å². The van der Waals surface area contributed by atoms with Crippen molar-refractivity contribution in [2.75, 3.05) is 13.2 Å². The number of piperidine rings is 2. The minimum Gasteiger partial charge on any atom is -0.450 e. The van der Waals surface area contributed by atoms with Crippen molar-refractivity contribution in [2.24, 2.45) is 23.5 Å². The number of carbonyl (C=O) groups excluding carboxylic acids is 1. The molecule has 5 atom stereocenters. The van der Waals surface area contributed by atoms with Gasteiger partial charge < -0.3 is 15.4 Å². The zero-order valence-corrected chi connectivity index (χ0v) is 9.76. The van der Waals surface area contributed by atoms with E-state index in [1.165, 1.54) is 6.42 Å². The number of ether oxygens (including phenoxy) is 1. The zero-order chi connectivity index (χ0) is 11.3. The average Bonchev–Trinajstić information content (AvgIpc) is 3.03. The van der Waals surface area contributed by atoms with Crippen LogP contribution in [0.3, 0.4) is 0 Å². The summed E-state index contributed by atoms with van der Waals surface area (Å²) in [5, 5.41) is 0. The molecule has 0 spiro atoms. The second kappa shape index (κ2) is 3.62. The van der Waals surface area contributed by atoms with Crippen molar-refractivity contribution < 1.29 is 9.53 Å². The van der Waals surface area contributed by atoms with Gasteiger partial charge in [-0.3, -0.25) is 0 Å². The lowest BCUT2D eigenvalue weighted by Gasteiger charge is -2.40. The van der Waals surface area contributed by atoms with Gasteiger partial charge >= 0.3 is 6.09 Å². The van der Waals surface area contributed by atoms with Crippen molar-refractivity contribution in [3.63, 3.8) is 0 Å². The van der Waals surface area contributed by atoms with Gasteiger partial charge in [0.1, 0.15) is 0 Å². The molecule has 0 aromatic heterocycles. The second-order valence-electron chi connectivity index (χ2n) is 5.38. The van der Waals surface area contributed by atoms with E-state index in [0.717, 1.165) is 31.2 Å². The van der Waals surface area contributed by atoms with Crippen LogP contribution in [0, 0.1) is 17.8 Å². The molecule has 90 valence electrons. The van der Waals surface area contributed by atoms with Crippen LogP contribution < -0.4 is 5.73 Å². The van der Waals surface area contributed by atoms with Crippen molar-refractivity contribution in [1.82, 2.24) is 4.90 Å². The number of hydrogen-bond donors (Lipinski definition) is 1. The van der Waals surface area contributed by atoms with Gasteiger partial charge in [0.05, 0.1) is 6.61 Å². The fraction of sp³-hybridized carbons (Fsp3) is 0.917. The van der Waals surface area contributed by atoms with Gasteiger partial charge in [-0.2, -0.15) is 0 Å². The SMILES string of the molecule is CCOC(=O)N1C2CC(CN)CC1[C@@H]1C[C@H]21. The van der Waals surface area contributed by atoms with Gasteiger partial charge in [-0.25, -0.2) is 4.79 Å². The Labute approximate surface area is 96.1 Å². The van der Waals surface area contributed by atoms with Crippen LogP contribution in [0.4, 0.5) is 4.79 Å². The third-order valence-corrected chi connectivity index (χ3v) is 4.56. The number of carbonyl (C=O) groups is 1. The van der Waals surface area contributed by atoms with E-state index < -0.39 is 0 Å². The first kappa shape index (κ1) is 10.4. The first-order valence-electron chi connectivity index (χ1n) is 6.41. The summed E-state index contributed by atoms with van der Waals surface area (Å²) in [5.41, 5.74) is 5.76. The molecule has 3 aliphatic rings. The molecular formula is C12H20N2O2. The largest absolute Gasteiger partial charge is 0.450 e. The number of hydrogen-bond acceptors (Lipinski definition) is 3. The maximum Gasteiger partial charge on any atom is 0.410 e. The smallest absolute Gasteiger partial charge is 0.410 e. The first-order chi connectivity index (χ1) is 7.76. The summed E-state index contributed by atoms with van der Waals surface area (Å²) in [4.78, 5) is 13.9. The fourth-order valence-electron chi connectivity index (χ4n) is 3.80. The molecule has 1 amide bonds. The van der Waals surface area contributed by atoms with Gasteiger partial charge in [0.2, 0.25) is 0 Å². The Hall–Kier alpha value is -0.770. The molecule has 0 radical (unpaired) electrons. The van der Waals surface area contributed by atoms with E-state index in [1.807, 2.05) is 11.8 Å². The highest BCUT2D eigenvalue weighted by molar-refractivity contribution is 5.70. The van der Waals surface area contributed by atoms with Gasteiger partial charge in [-0.15, -0.1) is 0 Å². The predicted octanol–water partition coefficient (Wildman–Crippen LogP) is 1.20. The maximum absolute atomic E-state index is 11.9. The molecular weight excluding hydrogens is 204 g/mol. The molecule has 0 aromatic rings. The van der Waals surface area contributed by atoms with Crippen LogP contribution in [-0.2, 0) is 4.74 Å². The minimum atomic E-state index is -0.0971. The Bertz CT molecular complexity index is 289. The van der Waals surface area contributed by atoms with Gasteiger partial charge in [0.15, 0.2) is 0 Å². The maximum atomic E-state index is 11.9. The molecule has 1 saturated carbocycles. The van der Waals surface area contributed by atoms with Crippen LogP contribution in [0.2, 0.25) is 0 Å². The summed E-state index contributed by atoms with van der Waals surface area (Å²) in [6, 6.07) is 0.854. The molecule has 3 fully saturated rings. The molecule has 2 bridgehead atoms. The standard InChI is InChI=1S/C12H20N2O2/c1-2-16-12(15)14-10-3-7(6-13)4-11(14)9-5-8(9)10/h7-11H,2-6,13H2,1H3/t7?,8-,9+,10?,11?. The van der Waals surface area contributed by atoms with Gasteiger partial charge in [-0.05, 0) is 50.5 Å². The van der Waals surface area contributed by atoms with E-state index in [1.54, 1.807) is 0 Å². The minimum absolute atomic E-state index is 0.0971. The molecule has 2 saturated heterocycles. The molecule has 4 heteroatoms. The third-order valence-electron chi connectivity index (χ3n) is 4.56. The molecule has 4 nitrogen and oxygen atoms in total. The van der Waals surface area contributed by atoms with Gasteiger partial charge in [0, 0.05) is 12.1 Å². The molecule has 2 aliphatic heterocycles. The first-order valence-corrected chi connectivity index (χ1v) is 6.41. The number of amides is 1. The van der Waals surface area contributed by atoms with Gasteiger partial charge in [-0.1, -0.05) is 0 Å². The highest BCUT2D eigenvalue weighted by Crippen LogP contribution is 2.59. The van der Waals surface area contributed by atoms with Crippen LogP contribution >= 0.6 is 0 Å². The Balaban J connectivity index is 1.75. The summed E-state index contributed by atoms with van der Waals surface area (Å²) in [7, 11) is 0. The molecule has 3 rings (SSSR count). The number of nitrogens with two attached hydrogens (primary N) is 1. The monoisotopic (exact) mass is 224 g/mol. The summed E-state index contributed by atoms with van der Waals surface area (Å²) in [6.07, 6.45) is 3.41. The van der Waals surface area contributed by atoms with Crippen LogP contribution in [0.15, 0.2) is 0 Å². The molecule has 16 heavy (non-hydrogen) atoms. The second-order valence-corrected chi connectivity index (χ2v) is 5.38. The zero-order valence-electron chi connectivity index (χ0n) is 9.76. The number of nitrogens with zero attached hydrogens (tertiary/aromatic N) is 1. The third kappa shape index (κ3) is 1.35. The van der Waals surface area contributed by atoms with Crippen LogP contribution in [-0.4, -0.2) is 36.2 Å². The number of rotatable bonds is 2. The van der Waals surface area contributed by atoms with Crippen molar-refractivity contribution in [3.05, 3.63) is 0 Å². The van der Waals surface area contributed by atoms with Crippen molar-refractivity contribution in [3.8, 4) is 0 Å². The normalized spacial score (nSPS) is 44.1. The molecule has 3 unspecified atom stereocenters. The van der Waals surface area contributed by atoms with Gasteiger partial charge in [0.25, 0.3) is 0 Å². The van der Waals surface area contributed by atoms with E-state index in [-0.39, 0.29) is 6.09 Å². The van der Waals surface area contributed by atoms with E-state index in [0.29, 0.717) is 24.6 Å².